The molecule has 0 aromatic rings. The second kappa shape index (κ2) is 7.09. The summed E-state index contributed by atoms with van der Waals surface area (Å²) < 4.78 is 0. The van der Waals surface area contributed by atoms with Gasteiger partial charge in [-0.1, -0.05) is 53.2 Å². The zero-order chi connectivity index (χ0) is 23.3. The Hall–Kier alpha value is -0.340. The maximum absolute atomic E-state index is 10.9. The maximum Gasteiger partial charge on any atom is 0.0594 e. The van der Waals surface area contributed by atoms with Gasteiger partial charge in [-0.15, -0.1) is 0 Å². The lowest BCUT2D eigenvalue weighted by atomic mass is 9.31. The highest BCUT2D eigenvalue weighted by Gasteiger charge is 2.70. The molecule has 0 bridgehead atoms. The van der Waals surface area contributed by atoms with Crippen molar-refractivity contribution in [1.82, 2.24) is 0 Å². The van der Waals surface area contributed by atoms with E-state index in [2.05, 4.69) is 54.5 Å². The monoisotopic (exact) mass is 442 g/mol. The highest BCUT2D eigenvalue weighted by atomic mass is 16.3. The van der Waals surface area contributed by atoms with Gasteiger partial charge < -0.3 is 10.2 Å². The summed E-state index contributed by atoms with van der Waals surface area (Å²) in [7, 11) is 0. The predicted molar refractivity (Wildman–Crippen MR) is 132 cm³/mol. The molecule has 182 valence electrons. The van der Waals surface area contributed by atoms with E-state index in [9.17, 15) is 10.2 Å². The van der Waals surface area contributed by atoms with Crippen molar-refractivity contribution in [3.05, 3.63) is 11.6 Å². The number of allylic oxidation sites excluding steroid dienone is 2. The minimum absolute atomic E-state index is 0.0322. The van der Waals surface area contributed by atoms with Crippen LogP contribution < -0.4 is 0 Å². The van der Waals surface area contributed by atoms with E-state index < -0.39 is 0 Å². The summed E-state index contributed by atoms with van der Waals surface area (Å²) in [5.41, 5.74) is 2.79. The molecule has 4 fully saturated rings. The fourth-order valence-electron chi connectivity index (χ4n) is 11.3. The van der Waals surface area contributed by atoms with Crippen LogP contribution >= 0.6 is 0 Å². The van der Waals surface area contributed by atoms with Gasteiger partial charge in [-0.05, 0) is 116 Å². The van der Waals surface area contributed by atoms with Crippen molar-refractivity contribution >= 4 is 0 Å². The van der Waals surface area contributed by atoms with E-state index in [1.54, 1.807) is 5.57 Å². The van der Waals surface area contributed by atoms with Gasteiger partial charge in [-0.2, -0.15) is 0 Å². The van der Waals surface area contributed by atoms with Crippen LogP contribution in [0.4, 0.5) is 0 Å². The van der Waals surface area contributed by atoms with Crippen LogP contribution in [0.1, 0.15) is 106 Å². The quantitative estimate of drug-likeness (QED) is 0.429. The molecule has 2 nitrogen and oxygen atoms in total. The molecule has 0 aromatic carbocycles. The number of hydrogen-bond acceptors (Lipinski definition) is 2. The van der Waals surface area contributed by atoms with E-state index in [1.165, 1.54) is 44.9 Å². The summed E-state index contributed by atoms with van der Waals surface area (Å²) in [6, 6.07) is 0. The molecule has 0 amide bonds. The Morgan fingerprint density at radius 1 is 0.875 bits per heavy atom. The fourth-order valence-corrected chi connectivity index (χ4v) is 11.3. The minimum Gasteiger partial charge on any atom is -0.396 e. The molecule has 0 heterocycles. The van der Waals surface area contributed by atoms with Crippen molar-refractivity contribution in [1.29, 1.82) is 0 Å². The molecule has 0 aromatic heterocycles. The lowest BCUT2D eigenvalue weighted by Crippen LogP contribution is -2.67. The molecule has 0 radical (unpaired) electrons. The Morgan fingerprint density at radius 3 is 2.28 bits per heavy atom. The second-order valence-electron chi connectivity index (χ2n) is 14.5. The van der Waals surface area contributed by atoms with Crippen LogP contribution in [0.25, 0.3) is 0 Å². The van der Waals surface area contributed by atoms with E-state index in [0.29, 0.717) is 40.6 Å². The zero-order valence-corrected chi connectivity index (χ0v) is 22.0. The lowest BCUT2D eigenvalue weighted by Gasteiger charge is -2.73. The van der Waals surface area contributed by atoms with Gasteiger partial charge >= 0.3 is 0 Å². The van der Waals surface area contributed by atoms with E-state index in [1.807, 2.05) is 0 Å². The zero-order valence-electron chi connectivity index (χ0n) is 22.0. The van der Waals surface area contributed by atoms with Crippen molar-refractivity contribution in [2.45, 2.75) is 112 Å². The van der Waals surface area contributed by atoms with Gasteiger partial charge in [0.25, 0.3) is 0 Å². The van der Waals surface area contributed by atoms with Crippen molar-refractivity contribution in [2.24, 2.45) is 56.7 Å². The topological polar surface area (TPSA) is 40.5 Å². The van der Waals surface area contributed by atoms with E-state index in [-0.39, 0.29) is 16.9 Å². The molecule has 4 saturated carbocycles. The number of rotatable bonds is 1. The first-order valence-corrected chi connectivity index (χ1v) is 13.8. The molecule has 2 heteroatoms. The largest absolute Gasteiger partial charge is 0.396 e. The maximum atomic E-state index is 10.9. The lowest BCUT2D eigenvalue weighted by molar-refractivity contribution is -0.254. The molecule has 32 heavy (non-hydrogen) atoms. The number of hydrogen-bond donors (Lipinski definition) is 2. The summed E-state index contributed by atoms with van der Waals surface area (Å²) >= 11 is 0. The summed E-state index contributed by atoms with van der Waals surface area (Å²) in [4.78, 5) is 0. The number of aliphatic hydroxyl groups excluding tert-OH is 2. The van der Waals surface area contributed by atoms with E-state index >= 15 is 0 Å². The van der Waals surface area contributed by atoms with Crippen LogP contribution in [0, 0.1) is 56.7 Å². The van der Waals surface area contributed by atoms with E-state index in [0.717, 1.165) is 24.7 Å². The van der Waals surface area contributed by atoms with Gasteiger partial charge in [0.1, 0.15) is 0 Å². The standard InChI is InChI=1S/C30H50O2/c1-19-10-15-30(18-31)17-16-28(6)21(25(30)20(19)2)8-9-23-27(5)13-12-24(32)26(3,4)22(27)11-14-29(23,28)7/h10,20-25,31-32H,8-9,11-18H2,1-7H3/t20-,21+,22+,23-,24-,25-,27+,28-,29-,30-/m1/s1. The Kier molecular flexibility index (Phi) is 5.19. The average molecular weight is 443 g/mol. The summed E-state index contributed by atoms with van der Waals surface area (Å²) in [5.74, 6) is 3.35. The molecule has 2 N–H and O–H groups in total. The molecule has 5 aliphatic rings. The van der Waals surface area contributed by atoms with Gasteiger partial charge in [0.05, 0.1) is 6.10 Å². The molecule has 10 atom stereocenters. The molecule has 0 aliphatic heterocycles. The van der Waals surface area contributed by atoms with Crippen molar-refractivity contribution in [3.8, 4) is 0 Å². The molecule has 5 rings (SSSR count). The van der Waals surface area contributed by atoms with Crippen LogP contribution in [-0.4, -0.2) is 22.9 Å². The first-order chi connectivity index (χ1) is 14.9. The van der Waals surface area contributed by atoms with Crippen LogP contribution in [0.15, 0.2) is 11.6 Å². The Bertz CT molecular complexity index is 799. The number of fused-ring (bicyclic) bond motifs is 7. The van der Waals surface area contributed by atoms with Crippen LogP contribution in [0.5, 0.6) is 0 Å². The molecule has 0 spiro atoms. The van der Waals surface area contributed by atoms with Gasteiger partial charge in [-0.3, -0.25) is 0 Å². The van der Waals surface area contributed by atoms with Gasteiger partial charge in [-0.25, -0.2) is 0 Å². The molecule has 5 aliphatic carbocycles. The SMILES string of the molecule is CC1=CC[C@]2(CO)CC[C@]3(C)[C@@H](CC[C@@H]4[C@@]5(C)CC[C@@H](O)C(C)(C)[C@@H]5CC[C@]43C)[C@H]2[C@@H]1C. The molecule has 0 saturated heterocycles. The van der Waals surface area contributed by atoms with Crippen LogP contribution in [0.3, 0.4) is 0 Å². The van der Waals surface area contributed by atoms with Gasteiger partial charge in [0.2, 0.25) is 0 Å². The first kappa shape index (κ1) is 23.4. The second-order valence-corrected chi connectivity index (χ2v) is 14.5. The average Bonchev–Trinajstić information content (AvgIpc) is 2.74. The third-order valence-electron chi connectivity index (χ3n) is 13.6. The third-order valence-corrected chi connectivity index (χ3v) is 13.6. The summed E-state index contributed by atoms with van der Waals surface area (Å²) in [6.07, 6.45) is 13.3. The Morgan fingerprint density at radius 2 is 1.59 bits per heavy atom. The number of aliphatic hydroxyl groups is 2. The summed E-state index contributed by atoms with van der Waals surface area (Å²) in [6.45, 7) is 17.9. The molecular formula is C30H50O2. The minimum atomic E-state index is -0.144. The normalized spacial score (nSPS) is 56.8. The molecular weight excluding hydrogens is 392 g/mol. The first-order valence-electron chi connectivity index (χ1n) is 13.8. The van der Waals surface area contributed by atoms with Crippen LogP contribution in [0.2, 0.25) is 0 Å². The fraction of sp³-hybridized carbons (Fsp3) is 0.933. The molecule has 0 unspecified atom stereocenters. The highest BCUT2D eigenvalue weighted by Crippen LogP contribution is 2.76. The predicted octanol–water partition coefficient (Wildman–Crippen LogP) is 7.00. The van der Waals surface area contributed by atoms with Crippen molar-refractivity contribution in [2.75, 3.05) is 6.61 Å². The smallest absolute Gasteiger partial charge is 0.0594 e. The van der Waals surface area contributed by atoms with Crippen molar-refractivity contribution < 1.29 is 10.2 Å². The Balaban J connectivity index is 1.55. The van der Waals surface area contributed by atoms with E-state index in [4.69, 9.17) is 0 Å². The van der Waals surface area contributed by atoms with Crippen molar-refractivity contribution in [3.63, 3.8) is 0 Å². The third kappa shape index (κ3) is 2.66. The van der Waals surface area contributed by atoms with Crippen LogP contribution in [-0.2, 0) is 0 Å². The van der Waals surface area contributed by atoms with Gasteiger partial charge in [0.15, 0.2) is 0 Å². The highest BCUT2D eigenvalue weighted by molar-refractivity contribution is 5.23. The Labute approximate surface area is 197 Å². The summed E-state index contributed by atoms with van der Waals surface area (Å²) in [5, 5.41) is 21.6. The van der Waals surface area contributed by atoms with Gasteiger partial charge in [0, 0.05) is 12.0 Å².